The third-order valence-corrected chi connectivity index (χ3v) is 9.91. The summed E-state index contributed by atoms with van der Waals surface area (Å²) >= 11 is 0. The van der Waals surface area contributed by atoms with Gasteiger partial charge in [0.15, 0.2) is 14.9 Å². The van der Waals surface area contributed by atoms with Gasteiger partial charge in [0.05, 0.1) is 23.6 Å². The summed E-state index contributed by atoms with van der Waals surface area (Å²) in [6.45, 7) is 2.78. The monoisotopic (exact) mass is 543 g/mol. The number of benzene rings is 1. The minimum atomic E-state index is -3.42. The van der Waals surface area contributed by atoms with Crippen LogP contribution in [0.1, 0.15) is 24.8 Å². The number of nitrogens with zero attached hydrogens (tertiary/aromatic N) is 3. The molecule has 2 aliphatic heterocycles. The molecule has 4 heterocycles. The highest BCUT2D eigenvalue weighted by molar-refractivity contribution is 7.91. The number of hydrogen-bond donors (Lipinski definition) is 0. The molecule has 2 saturated heterocycles. The Kier molecular flexibility index (Phi) is 6.70. The van der Waals surface area contributed by atoms with Gasteiger partial charge in [-0.25, -0.2) is 21.8 Å². The summed E-state index contributed by atoms with van der Waals surface area (Å²) in [5, 5.41) is 0.913. The van der Waals surface area contributed by atoms with Gasteiger partial charge in [0.1, 0.15) is 21.7 Å². The number of aromatic nitrogens is 2. The molecule has 0 spiro atoms. The molecule has 0 saturated carbocycles. The van der Waals surface area contributed by atoms with Crippen molar-refractivity contribution in [3.8, 4) is 16.9 Å². The predicted molar refractivity (Wildman–Crippen MR) is 140 cm³/mol. The van der Waals surface area contributed by atoms with E-state index in [-0.39, 0.29) is 34.5 Å². The van der Waals surface area contributed by atoms with Gasteiger partial charge in [-0.15, -0.1) is 0 Å². The molecule has 0 N–H and O–H groups in total. The van der Waals surface area contributed by atoms with Crippen molar-refractivity contribution in [2.75, 3.05) is 30.9 Å². The number of fused-ring (bicyclic) bond motifs is 1. The van der Waals surface area contributed by atoms with E-state index in [4.69, 9.17) is 4.74 Å². The van der Waals surface area contributed by atoms with Gasteiger partial charge < -0.3 is 9.64 Å². The van der Waals surface area contributed by atoms with Crippen LogP contribution in [0.15, 0.2) is 47.8 Å². The summed E-state index contributed by atoms with van der Waals surface area (Å²) in [6.07, 6.45) is 5.73. The van der Waals surface area contributed by atoms with Gasteiger partial charge in [-0.1, -0.05) is 0 Å². The van der Waals surface area contributed by atoms with Gasteiger partial charge in [0.2, 0.25) is 5.91 Å². The van der Waals surface area contributed by atoms with E-state index < -0.39 is 19.7 Å². The van der Waals surface area contributed by atoms with Crippen LogP contribution in [-0.4, -0.2) is 74.6 Å². The molecule has 2 aliphatic rings. The second-order valence-corrected chi connectivity index (χ2v) is 14.1. The highest BCUT2D eigenvalue weighted by Gasteiger charge is 2.35. The number of pyridine rings is 2. The van der Waals surface area contributed by atoms with E-state index in [2.05, 4.69) is 9.97 Å². The number of hydrogen-bond acceptors (Lipinski definition) is 8. The first-order chi connectivity index (χ1) is 17.5. The Morgan fingerprint density at radius 2 is 1.84 bits per heavy atom. The van der Waals surface area contributed by atoms with Crippen LogP contribution in [0.25, 0.3) is 22.0 Å². The fraction of sp³-hybridized carbons (Fsp3) is 0.423. The Morgan fingerprint density at radius 3 is 2.54 bits per heavy atom. The van der Waals surface area contributed by atoms with Crippen LogP contribution >= 0.6 is 0 Å². The second-order valence-electron chi connectivity index (χ2n) is 9.89. The Bertz CT molecular complexity index is 1570. The first-order valence-electron chi connectivity index (χ1n) is 12.2. The molecule has 196 valence electrons. The van der Waals surface area contributed by atoms with Gasteiger partial charge in [-0.2, -0.15) is 0 Å². The molecule has 3 aromatic rings. The number of likely N-dealkylation sites (tertiary alicyclic amines) is 1. The van der Waals surface area contributed by atoms with E-state index in [0.717, 1.165) is 28.3 Å². The fourth-order valence-electron chi connectivity index (χ4n) is 5.16. The molecule has 1 atom stereocenters. The number of ether oxygens (including phenoxy) is 1. The highest BCUT2D eigenvalue weighted by Crippen LogP contribution is 2.32. The van der Waals surface area contributed by atoms with Gasteiger partial charge >= 0.3 is 0 Å². The molecule has 11 heteroatoms. The summed E-state index contributed by atoms with van der Waals surface area (Å²) in [5.41, 5.74) is 2.98. The zero-order chi connectivity index (χ0) is 26.4. The van der Waals surface area contributed by atoms with E-state index in [1.807, 2.05) is 30.3 Å². The van der Waals surface area contributed by atoms with Crippen LogP contribution in [0, 0.1) is 12.8 Å². The molecule has 0 radical (unpaired) electrons. The topological polar surface area (TPSA) is 124 Å². The largest absolute Gasteiger partial charge is 0.488 e. The molecule has 2 aromatic heterocycles. The number of rotatable bonds is 5. The molecule has 5 rings (SSSR count). The Hall–Kier alpha value is -3.05. The zero-order valence-electron chi connectivity index (χ0n) is 20.8. The van der Waals surface area contributed by atoms with Crippen molar-refractivity contribution in [2.24, 2.45) is 5.92 Å². The van der Waals surface area contributed by atoms with E-state index >= 15 is 0 Å². The van der Waals surface area contributed by atoms with Crippen molar-refractivity contribution >= 4 is 36.5 Å². The summed E-state index contributed by atoms with van der Waals surface area (Å²) in [5.74, 6) is 0.601. The number of carbonyl (C=O) groups is 1. The van der Waals surface area contributed by atoms with Crippen LogP contribution in [-0.2, 0) is 24.5 Å². The lowest BCUT2D eigenvalue weighted by Crippen LogP contribution is -2.39. The smallest absolute Gasteiger partial charge is 0.225 e. The lowest BCUT2D eigenvalue weighted by molar-refractivity contribution is -0.135. The average Bonchev–Trinajstić information content (AvgIpc) is 3.31. The molecular weight excluding hydrogens is 514 g/mol. The Morgan fingerprint density at radius 1 is 1.08 bits per heavy atom. The summed E-state index contributed by atoms with van der Waals surface area (Å²) in [6, 6.07) is 9.31. The maximum absolute atomic E-state index is 12.9. The highest BCUT2D eigenvalue weighted by atomic mass is 32.2. The first kappa shape index (κ1) is 25.6. The van der Waals surface area contributed by atoms with E-state index in [1.165, 1.54) is 0 Å². The van der Waals surface area contributed by atoms with Gasteiger partial charge in [-0.3, -0.25) is 9.78 Å². The zero-order valence-corrected chi connectivity index (χ0v) is 22.4. The van der Waals surface area contributed by atoms with Crippen molar-refractivity contribution in [1.29, 1.82) is 0 Å². The SMILES string of the molecule is Cc1cc(-c2ccnc3ccc(OC4CCN(C(=O)C5CCS(=O)(=O)CC5)C4)cc23)cnc1S(C)(=O)=O. The number of carbonyl (C=O) groups excluding carboxylic acids is 1. The molecule has 37 heavy (non-hydrogen) atoms. The van der Waals surface area contributed by atoms with Crippen LogP contribution in [0.5, 0.6) is 5.75 Å². The lowest BCUT2D eigenvalue weighted by atomic mass is 10.0. The van der Waals surface area contributed by atoms with Crippen molar-refractivity contribution in [3.63, 3.8) is 0 Å². The quantitative estimate of drug-likeness (QED) is 0.481. The van der Waals surface area contributed by atoms with Crippen LogP contribution < -0.4 is 4.74 Å². The fourth-order valence-corrected chi connectivity index (χ4v) is 7.54. The average molecular weight is 544 g/mol. The summed E-state index contributed by atoms with van der Waals surface area (Å²) < 4.78 is 53.6. The van der Waals surface area contributed by atoms with Crippen LogP contribution in [0.2, 0.25) is 0 Å². The van der Waals surface area contributed by atoms with Crippen molar-refractivity contribution in [3.05, 3.63) is 48.3 Å². The lowest BCUT2D eigenvalue weighted by Gasteiger charge is -2.26. The molecule has 1 unspecified atom stereocenters. The predicted octanol–water partition coefficient (Wildman–Crippen LogP) is 2.81. The Balaban J connectivity index is 1.33. The third-order valence-electron chi connectivity index (χ3n) is 7.07. The van der Waals surface area contributed by atoms with Gasteiger partial charge in [0, 0.05) is 48.5 Å². The first-order valence-corrected chi connectivity index (χ1v) is 15.9. The minimum absolute atomic E-state index is 0.0198. The number of aryl methyl sites for hydroxylation is 1. The van der Waals surface area contributed by atoms with Crippen LogP contribution in [0.4, 0.5) is 0 Å². The third kappa shape index (κ3) is 5.47. The van der Waals surface area contributed by atoms with Crippen LogP contribution in [0.3, 0.4) is 0 Å². The molecule has 0 aliphatic carbocycles. The molecule has 2 fully saturated rings. The van der Waals surface area contributed by atoms with Gasteiger partial charge in [-0.05, 0) is 61.2 Å². The normalized spacial score (nSPS) is 20.3. The second kappa shape index (κ2) is 9.68. The maximum atomic E-state index is 12.9. The number of sulfone groups is 2. The standard InChI is InChI=1S/C26H29N3O6S2/c1-17-13-19(15-28-25(17)36(2,31)32)22-5-9-27-24-4-3-20(14-23(22)24)35-21-6-10-29(16-21)26(30)18-7-11-37(33,34)12-8-18/h3-5,9,13-15,18,21H,6-8,10-12,16H2,1-2H3. The van der Waals surface area contributed by atoms with E-state index in [0.29, 0.717) is 43.7 Å². The minimum Gasteiger partial charge on any atom is -0.488 e. The van der Waals surface area contributed by atoms with Crippen molar-refractivity contribution in [2.45, 2.75) is 37.3 Å². The number of amides is 1. The van der Waals surface area contributed by atoms with E-state index in [1.54, 1.807) is 24.2 Å². The molecule has 1 aromatic carbocycles. The van der Waals surface area contributed by atoms with Gasteiger partial charge in [0.25, 0.3) is 0 Å². The van der Waals surface area contributed by atoms with Crippen molar-refractivity contribution in [1.82, 2.24) is 14.9 Å². The van der Waals surface area contributed by atoms with Crippen molar-refractivity contribution < 1.29 is 26.4 Å². The molecule has 1 amide bonds. The molecule has 0 bridgehead atoms. The summed E-state index contributed by atoms with van der Waals surface area (Å²) in [4.78, 5) is 23.4. The summed E-state index contributed by atoms with van der Waals surface area (Å²) in [7, 11) is -6.42. The van der Waals surface area contributed by atoms with E-state index in [9.17, 15) is 21.6 Å². The molecular formula is C26H29N3O6S2. The maximum Gasteiger partial charge on any atom is 0.225 e. The molecule has 9 nitrogen and oxygen atoms in total. The Labute approximate surface area is 216 Å².